The molecule has 1 aromatic rings. The maximum absolute atomic E-state index is 13.0. The number of rotatable bonds is 9. The lowest BCUT2D eigenvalue weighted by molar-refractivity contribution is -0.137. The van der Waals surface area contributed by atoms with Crippen LogP contribution in [0.5, 0.6) is 0 Å². The monoisotopic (exact) mass is 370 g/mol. The van der Waals surface area contributed by atoms with Gasteiger partial charge >= 0.3 is 5.97 Å². The number of ketones is 2. The molecule has 2 N–H and O–H groups in total. The van der Waals surface area contributed by atoms with Crippen molar-refractivity contribution in [3.63, 3.8) is 0 Å². The number of Topliss-reactive ketones (excluding diaryl/α,β-unsaturated/α-hetero) is 2. The van der Waals surface area contributed by atoms with Gasteiger partial charge in [0, 0.05) is 34.6 Å². The van der Waals surface area contributed by atoms with Gasteiger partial charge in [-0.15, -0.1) is 0 Å². The smallest absolute Gasteiger partial charge is 0.303 e. The molecule has 5 heteroatoms. The average Bonchev–Trinajstić information content (AvgIpc) is 2.66. The van der Waals surface area contributed by atoms with Crippen LogP contribution in [-0.4, -0.2) is 34.4 Å². The molecule has 0 bridgehead atoms. The zero-order valence-electron chi connectivity index (χ0n) is 15.8. The average molecular weight is 370 g/mol. The van der Waals surface area contributed by atoms with Crippen molar-refractivity contribution in [2.75, 3.05) is 6.61 Å². The summed E-state index contributed by atoms with van der Waals surface area (Å²) in [7, 11) is 0. The van der Waals surface area contributed by atoms with Gasteiger partial charge in [0.15, 0.2) is 11.6 Å². The number of benzene rings is 1. The van der Waals surface area contributed by atoms with E-state index in [1.807, 2.05) is 30.3 Å². The fourth-order valence-corrected chi connectivity index (χ4v) is 3.60. The van der Waals surface area contributed by atoms with Gasteiger partial charge in [0.25, 0.3) is 0 Å². The van der Waals surface area contributed by atoms with Gasteiger partial charge in [0.2, 0.25) is 0 Å². The highest BCUT2D eigenvalue weighted by atomic mass is 16.4. The molecule has 1 aliphatic rings. The molecule has 0 aromatic heterocycles. The molecule has 27 heavy (non-hydrogen) atoms. The standard InChI is InChI=1S/C22H26O5/c1-14-18(13-23)21(26)15(2)20(22(14)27)17(16-9-5-3-6-10-16)11-7-4-8-12-19(24)25/h3,5-6,9-10,17,23H,4,7-8,11-13H2,1-2H3,(H,24,25). The lowest BCUT2D eigenvalue weighted by Gasteiger charge is -2.26. The Morgan fingerprint density at radius 1 is 0.963 bits per heavy atom. The number of hydrogen-bond acceptors (Lipinski definition) is 4. The topological polar surface area (TPSA) is 91.7 Å². The second-order valence-electron chi connectivity index (χ2n) is 6.91. The summed E-state index contributed by atoms with van der Waals surface area (Å²) in [5.74, 6) is -1.48. The van der Waals surface area contributed by atoms with Crippen LogP contribution >= 0.6 is 0 Å². The van der Waals surface area contributed by atoms with E-state index in [9.17, 15) is 19.5 Å². The number of aliphatic hydroxyl groups excluding tert-OH is 1. The van der Waals surface area contributed by atoms with E-state index in [2.05, 4.69) is 0 Å². The third-order valence-electron chi connectivity index (χ3n) is 5.15. The maximum atomic E-state index is 13.0. The molecule has 0 saturated carbocycles. The number of carboxylic acid groups (broad SMARTS) is 1. The molecule has 0 heterocycles. The van der Waals surface area contributed by atoms with Crippen LogP contribution in [0.4, 0.5) is 0 Å². The van der Waals surface area contributed by atoms with Crippen molar-refractivity contribution in [1.29, 1.82) is 0 Å². The Bertz CT molecular complexity index is 786. The van der Waals surface area contributed by atoms with Crippen LogP contribution in [0.15, 0.2) is 52.6 Å². The van der Waals surface area contributed by atoms with Crippen LogP contribution < -0.4 is 0 Å². The highest BCUT2D eigenvalue weighted by Crippen LogP contribution is 2.37. The number of carbonyl (C=O) groups is 3. The normalized spacial score (nSPS) is 16.1. The Morgan fingerprint density at radius 2 is 1.63 bits per heavy atom. The number of aliphatic carboxylic acids is 1. The van der Waals surface area contributed by atoms with Crippen LogP contribution in [0.2, 0.25) is 0 Å². The van der Waals surface area contributed by atoms with E-state index in [1.165, 1.54) is 0 Å². The molecule has 5 nitrogen and oxygen atoms in total. The van der Waals surface area contributed by atoms with Crippen LogP contribution in [0.1, 0.15) is 57.4 Å². The molecule has 0 radical (unpaired) electrons. The quantitative estimate of drug-likeness (QED) is 0.512. The van der Waals surface area contributed by atoms with Crippen molar-refractivity contribution in [2.24, 2.45) is 0 Å². The van der Waals surface area contributed by atoms with Crippen molar-refractivity contribution in [3.8, 4) is 0 Å². The van der Waals surface area contributed by atoms with Crippen molar-refractivity contribution in [3.05, 3.63) is 58.2 Å². The fraction of sp³-hybridized carbons (Fsp3) is 0.409. The largest absolute Gasteiger partial charge is 0.481 e. The van der Waals surface area contributed by atoms with Gasteiger partial charge < -0.3 is 10.2 Å². The first kappa shape index (κ1) is 20.8. The second-order valence-corrected chi connectivity index (χ2v) is 6.91. The minimum atomic E-state index is -0.807. The van der Waals surface area contributed by atoms with E-state index >= 15 is 0 Å². The van der Waals surface area contributed by atoms with E-state index in [0.717, 1.165) is 18.4 Å². The second kappa shape index (κ2) is 9.42. The van der Waals surface area contributed by atoms with Crippen molar-refractivity contribution in [2.45, 2.75) is 51.9 Å². The molecule has 0 aliphatic heterocycles. The Hall–Kier alpha value is -2.53. The summed E-state index contributed by atoms with van der Waals surface area (Å²) in [5, 5.41) is 18.2. The highest BCUT2D eigenvalue weighted by molar-refractivity contribution is 6.25. The Labute approximate surface area is 159 Å². The summed E-state index contributed by atoms with van der Waals surface area (Å²) in [6.45, 7) is 2.80. The number of unbranched alkanes of at least 4 members (excludes halogenated alkanes) is 2. The van der Waals surface area contributed by atoms with Crippen LogP contribution in [0, 0.1) is 0 Å². The van der Waals surface area contributed by atoms with Gasteiger partial charge in [-0.1, -0.05) is 43.2 Å². The van der Waals surface area contributed by atoms with E-state index in [0.29, 0.717) is 29.6 Å². The summed E-state index contributed by atoms with van der Waals surface area (Å²) in [5.41, 5.74) is 2.35. The molecule has 1 aromatic carbocycles. The first-order valence-electron chi connectivity index (χ1n) is 9.26. The number of allylic oxidation sites excluding steroid dienone is 3. The first-order chi connectivity index (χ1) is 12.9. The number of hydrogen-bond donors (Lipinski definition) is 2. The van der Waals surface area contributed by atoms with Gasteiger partial charge in [0.05, 0.1) is 6.61 Å². The molecule has 0 saturated heterocycles. The molecule has 1 unspecified atom stereocenters. The molecule has 1 atom stereocenters. The summed E-state index contributed by atoms with van der Waals surface area (Å²) in [6, 6.07) is 9.60. The molecule has 0 spiro atoms. The lowest BCUT2D eigenvalue weighted by Crippen LogP contribution is -2.27. The van der Waals surface area contributed by atoms with E-state index < -0.39 is 12.6 Å². The molecule has 0 amide bonds. The molecule has 1 aliphatic carbocycles. The summed E-state index contributed by atoms with van der Waals surface area (Å²) in [4.78, 5) is 36.3. The third-order valence-corrected chi connectivity index (χ3v) is 5.15. The van der Waals surface area contributed by atoms with Crippen LogP contribution in [0.3, 0.4) is 0 Å². The van der Waals surface area contributed by atoms with Crippen LogP contribution in [0.25, 0.3) is 0 Å². The minimum absolute atomic E-state index is 0.136. The predicted octanol–water partition coefficient (Wildman–Crippen LogP) is 3.58. The van der Waals surface area contributed by atoms with Crippen LogP contribution in [-0.2, 0) is 14.4 Å². The molecular weight excluding hydrogens is 344 g/mol. The maximum Gasteiger partial charge on any atom is 0.303 e. The summed E-state index contributed by atoms with van der Waals surface area (Å²) >= 11 is 0. The fourth-order valence-electron chi connectivity index (χ4n) is 3.60. The van der Waals surface area contributed by atoms with Gasteiger partial charge in [0.1, 0.15) is 0 Å². The molecule has 2 rings (SSSR count). The number of carboxylic acids is 1. The summed E-state index contributed by atoms with van der Waals surface area (Å²) < 4.78 is 0. The SMILES string of the molecule is CC1=C(CO)C(=O)C(C)=C(C(CCCCCC(=O)O)c2ccccc2)C1=O. The zero-order valence-corrected chi connectivity index (χ0v) is 15.8. The first-order valence-corrected chi connectivity index (χ1v) is 9.26. The Morgan fingerprint density at radius 3 is 2.22 bits per heavy atom. The third kappa shape index (κ3) is 4.80. The van der Waals surface area contributed by atoms with E-state index in [-0.39, 0.29) is 29.5 Å². The van der Waals surface area contributed by atoms with Crippen molar-refractivity contribution >= 4 is 17.5 Å². The molecular formula is C22H26O5. The van der Waals surface area contributed by atoms with E-state index in [1.54, 1.807) is 13.8 Å². The lowest BCUT2D eigenvalue weighted by atomic mass is 9.75. The van der Waals surface area contributed by atoms with Gasteiger partial charge in [-0.25, -0.2) is 0 Å². The highest BCUT2D eigenvalue weighted by Gasteiger charge is 2.34. The van der Waals surface area contributed by atoms with Gasteiger partial charge in [-0.2, -0.15) is 0 Å². The van der Waals surface area contributed by atoms with Crippen molar-refractivity contribution < 1.29 is 24.6 Å². The Balaban J connectivity index is 2.30. The van der Waals surface area contributed by atoms with Gasteiger partial charge in [-0.05, 0) is 32.3 Å². The van der Waals surface area contributed by atoms with Crippen molar-refractivity contribution in [1.82, 2.24) is 0 Å². The molecule has 144 valence electrons. The summed E-state index contributed by atoms with van der Waals surface area (Å²) in [6.07, 6.45) is 2.91. The predicted molar refractivity (Wildman–Crippen MR) is 102 cm³/mol. The van der Waals surface area contributed by atoms with Gasteiger partial charge in [-0.3, -0.25) is 14.4 Å². The number of aliphatic hydroxyl groups is 1. The molecule has 0 fully saturated rings. The number of carbonyl (C=O) groups excluding carboxylic acids is 2. The van der Waals surface area contributed by atoms with E-state index in [4.69, 9.17) is 5.11 Å². The minimum Gasteiger partial charge on any atom is -0.481 e. The Kier molecular flexibility index (Phi) is 7.25. The zero-order chi connectivity index (χ0) is 20.0.